The van der Waals surface area contributed by atoms with E-state index in [1.54, 1.807) is 0 Å². The fraction of sp³-hybridized carbons (Fsp3) is 0.900. The summed E-state index contributed by atoms with van der Waals surface area (Å²) < 4.78 is 0. The van der Waals surface area contributed by atoms with Gasteiger partial charge in [-0.15, -0.1) is 0 Å². The van der Waals surface area contributed by atoms with Crippen LogP contribution >= 0.6 is 0 Å². The molecule has 1 heterocycles. The first-order valence-electron chi connectivity index (χ1n) is 5.25. The molecule has 1 aliphatic heterocycles. The van der Waals surface area contributed by atoms with E-state index in [-0.39, 0.29) is 5.91 Å². The van der Waals surface area contributed by atoms with Crippen molar-refractivity contribution in [3.05, 3.63) is 0 Å². The zero-order valence-corrected chi connectivity index (χ0v) is 8.89. The number of rotatable bonds is 3. The smallest absolute Gasteiger partial charge is 0.240 e. The van der Waals surface area contributed by atoms with Crippen LogP contribution in [0.3, 0.4) is 0 Å². The van der Waals surface area contributed by atoms with E-state index in [0.717, 1.165) is 19.4 Å². The normalized spacial score (nSPS) is 31.8. The summed E-state index contributed by atoms with van der Waals surface area (Å²) >= 11 is 0. The maximum atomic E-state index is 11.5. The Morgan fingerprint density at radius 3 is 2.57 bits per heavy atom. The van der Waals surface area contributed by atoms with Crippen LogP contribution < -0.4 is 16.4 Å². The van der Waals surface area contributed by atoms with E-state index in [1.165, 1.54) is 0 Å². The third-order valence-corrected chi connectivity index (χ3v) is 3.46. The Bertz CT molecular complexity index is 258. The molecule has 1 saturated carbocycles. The number of carbonyl (C=O) groups excluding carboxylic acids is 1. The third kappa shape index (κ3) is 1.64. The Balaban J connectivity index is 1.75. The van der Waals surface area contributed by atoms with Crippen LogP contribution in [0.25, 0.3) is 0 Å². The molecule has 2 aliphatic rings. The van der Waals surface area contributed by atoms with E-state index in [0.29, 0.717) is 18.0 Å². The van der Waals surface area contributed by atoms with Gasteiger partial charge in [-0.3, -0.25) is 4.79 Å². The first kappa shape index (κ1) is 9.93. The molecular formula is C10H19N3O. The quantitative estimate of drug-likeness (QED) is 0.576. The van der Waals surface area contributed by atoms with Crippen LogP contribution in [0.2, 0.25) is 0 Å². The monoisotopic (exact) mass is 197 g/mol. The molecule has 1 aliphatic carbocycles. The Kier molecular flexibility index (Phi) is 2.08. The zero-order valence-electron chi connectivity index (χ0n) is 8.89. The fourth-order valence-electron chi connectivity index (χ4n) is 1.74. The minimum absolute atomic E-state index is 0.0157. The van der Waals surface area contributed by atoms with Gasteiger partial charge in [-0.1, -0.05) is 13.8 Å². The molecule has 0 aromatic carbocycles. The minimum atomic E-state index is -0.534. The SMILES string of the molecule is CC1(C)CNC1CNC(=O)C1(N)CC1. The molecule has 2 fully saturated rings. The average molecular weight is 197 g/mol. The van der Waals surface area contributed by atoms with Gasteiger partial charge in [0.25, 0.3) is 0 Å². The minimum Gasteiger partial charge on any atom is -0.353 e. The lowest BCUT2D eigenvalue weighted by atomic mass is 9.77. The second kappa shape index (κ2) is 2.94. The van der Waals surface area contributed by atoms with Crippen molar-refractivity contribution in [2.45, 2.75) is 38.3 Å². The number of hydrogen-bond acceptors (Lipinski definition) is 3. The van der Waals surface area contributed by atoms with Gasteiger partial charge in [0.1, 0.15) is 0 Å². The van der Waals surface area contributed by atoms with Crippen LogP contribution in [0, 0.1) is 5.41 Å². The van der Waals surface area contributed by atoms with Crippen molar-refractivity contribution in [2.24, 2.45) is 11.1 Å². The molecule has 1 saturated heterocycles. The molecule has 0 aromatic rings. The van der Waals surface area contributed by atoms with E-state index in [4.69, 9.17) is 5.73 Å². The highest BCUT2D eigenvalue weighted by atomic mass is 16.2. The van der Waals surface area contributed by atoms with Crippen LogP contribution in [0.15, 0.2) is 0 Å². The lowest BCUT2D eigenvalue weighted by molar-refractivity contribution is -0.123. The second-order valence-corrected chi connectivity index (χ2v) is 5.29. The Labute approximate surface area is 84.6 Å². The van der Waals surface area contributed by atoms with Gasteiger partial charge in [0.2, 0.25) is 5.91 Å². The molecule has 0 aromatic heterocycles. The van der Waals surface area contributed by atoms with E-state index in [2.05, 4.69) is 24.5 Å². The second-order valence-electron chi connectivity index (χ2n) is 5.29. The largest absolute Gasteiger partial charge is 0.353 e. The molecular weight excluding hydrogens is 178 g/mol. The van der Waals surface area contributed by atoms with E-state index in [9.17, 15) is 4.79 Å². The first-order valence-corrected chi connectivity index (χ1v) is 5.25. The molecule has 2 rings (SSSR count). The van der Waals surface area contributed by atoms with Crippen LogP contribution in [-0.4, -0.2) is 30.6 Å². The standard InChI is InChI=1S/C10H19N3O/c1-9(2)6-13-7(9)5-12-8(14)10(11)3-4-10/h7,13H,3-6,11H2,1-2H3,(H,12,14). The summed E-state index contributed by atoms with van der Waals surface area (Å²) in [7, 11) is 0. The highest BCUT2D eigenvalue weighted by Crippen LogP contribution is 2.32. The molecule has 1 unspecified atom stereocenters. The van der Waals surface area contributed by atoms with E-state index in [1.807, 2.05) is 0 Å². The highest BCUT2D eigenvalue weighted by Gasteiger charge is 2.46. The first-order chi connectivity index (χ1) is 6.44. The summed E-state index contributed by atoms with van der Waals surface area (Å²) in [6.45, 7) is 6.14. The maximum absolute atomic E-state index is 11.5. The van der Waals surface area contributed by atoms with Gasteiger partial charge in [0.15, 0.2) is 0 Å². The molecule has 1 amide bonds. The van der Waals surface area contributed by atoms with Crippen molar-refractivity contribution in [3.63, 3.8) is 0 Å². The molecule has 0 spiro atoms. The summed E-state index contributed by atoms with van der Waals surface area (Å²) in [6, 6.07) is 0.397. The molecule has 4 N–H and O–H groups in total. The molecule has 0 radical (unpaired) electrons. The number of carbonyl (C=O) groups is 1. The van der Waals surface area contributed by atoms with Crippen molar-refractivity contribution in [1.29, 1.82) is 0 Å². The van der Waals surface area contributed by atoms with Crippen molar-refractivity contribution in [1.82, 2.24) is 10.6 Å². The average Bonchev–Trinajstić information content (AvgIpc) is 2.83. The van der Waals surface area contributed by atoms with Crippen LogP contribution in [0.5, 0.6) is 0 Å². The van der Waals surface area contributed by atoms with Crippen molar-refractivity contribution in [2.75, 3.05) is 13.1 Å². The molecule has 0 bridgehead atoms. The summed E-state index contributed by atoms with van der Waals surface area (Å²) in [5.41, 5.74) is 5.54. The van der Waals surface area contributed by atoms with Crippen LogP contribution in [0.4, 0.5) is 0 Å². The Morgan fingerprint density at radius 1 is 1.57 bits per heavy atom. The van der Waals surface area contributed by atoms with Crippen LogP contribution in [-0.2, 0) is 4.79 Å². The summed E-state index contributed by atoms with van der Waals surface area (Å²) in [5, 5.41) is 6.22. The Hall–Kier alpha value is -0.610. The molecule has 4 nitrogen and oxygen atoms in total. The summed E-state index contributed by atoms with van der Waals surface area (Å²) in [5.74, 6) is 0.0157. The topological polar surface area (TPSA) is 67.1 Å². The van der Waals surface area contributed by atoms with Crippen molar-refractivity contribution in [3.8, 4) is 0 Å². The summed E-state index contributed by atoms with van der Waals surface area (Å²) in [4.78, 5) is 11.5. The van der Waals surface area contributed by atoms with Crippen molar-refractivity contribution >= 4 is 5.91 Å². The van der Waals surface area contributed by atoms with Gasteiger partial charge < -0.3 is 16.4 Å². The predicted molar refractivity (Wildman–Crippen MR) is 54.7 cm³/mol. The van der Waals surface area contributed by atoms with Gasteiger partial charge in [0.05, 0.1) is 5.54 Å². The molecule has 80 valence electrons. The molecule has 4 heteroatoms. The Morgan fingerprint density at radius 2 is 2.21 bits per heavy atom. The van der Waals surface area contributed by atoms with Gasteiger partial charge in [-0.25, -0.2) is 0 Å². The fourth-order valence-corrected chi connectivity index (χ4v) is 1.74. The number of hydrogen-bond donors (Lipinski definition) is 3. The van der Waals surface area contributed by atoms with Crippen molar-refractivity contribution < 1.29 is 4.79 Å². The number of nitrogens with two attached hydrogens (primary N) is 1. The molecule has 1 atom stereocenters. The lowest BCUT2D eigenvalue weighted by Gasteiger charge is -2.45. The number of nitrogens with one attached hydrogen (secondary N) is 2. The van der Waals surface area contributed by atoms with Crippen LogP contribution in [0.1, 0.15) is 26.7 Å². The number of amides is 1. The lowest BCUT2D eigenvalue weighted by Crippen LogP contribution is -2.64. The van der Waals surface area contributed by atoms with Gasteiger partial charge >= 0.3 is 0 Å². The van der Waals surface area contributed by atoms with Gasteiger partial charge in [0, 0.05) is 19.1 Å². The van der Waals surface area contributed by atoms with E-state index >= 15 is 0 Å². The molecule has 14 heavy (non-hydrogen) atoms. The zero-order chi connectivity index (χ0) is 10.4. The van der Waals surface area contributed by atoms with Gasteiger partial charge in [-0.2, -0.15) is 0 Å². The van der Waals surface area contributed by atoms with E-state index < -0.39 is 5.54 Å². The highest BCUT2D eigenvalue weighted by molar-refractivity contribution is 5.88. The summed E-state index contributed by atoms with van der Waals surface area (Å²) in [6.07, 6.45) is 1.67. The van der Waals surface area contributed by atoms with Gasteiger partial charge in [-0.05, 0) is 18.3 Å². The maximum Gasteiger partial charge on any atom is 0.240 e. The third-order valence-electron chi connectivity index (χ3n) is 3.46. The predicted octanol–water partition coefficient (Wildman–Crippen LogP) is -0.408.